The third-order valence-electron chi connectivity index (χ3n) is 2.71. The SMILES string of the molecule is CCn1cc(NC(=O)c2cc(Cl)cc(Br)c2)ccc1=O. The van der Waals surface area contributed by atoms with Crippen molar-refractivity contribution in [3.8, 4) is 0 Å². The van der Waals surface area contributed by atoms with Gasteiger partial charge in [0.1, 0.15) is 0 Å². The molecule has 4 nitrogen and oxygen atoms in total. The topological polar surface area (TPSA) is 51.1 Å². The standard InChI is InChI=1S/C14H12BrClN2O2/c1-2-18-8-12(3-4-13(18)19)17-14(20)9-5-10(15)7-11(16)6-9/h3-8H,2H2,1H3,(H,17,20). The van der Waals surface area contributed by atoms with Crippen LogP contribution in [0.5, 0.6) is 0 Å². The Morgan fingerprint density at radius 1 is 1.35 bits per heavy atom. The molecule has 0 saturated carbocycles. The van der Waals surface area contributed by atoms with Gasteiger partial charge >= 0.3 is 0 Å². The first-order valence-corrected chi connectivity index (χ1v) is 7.14. The number of aromatic nitrogens is 1. The van der Waals surface area contributed by atoms with E-state index in [9.17, 15) is 9.59 Å². The molecule has 1 N–H and O–H groups in total. The van der Waals surface area contributed by atoms with Crippen LogP contribution in [0.25, 0.3) is 0 Å². The Hall–Kier alpha value is -1.59. The van der Waals surface area contributed by atoms with Crippen LogP contribution in [-0.4, -0.2) is 10.5 Å². The molecule has 1 aromatic carbocycles. The van der Waals surface area contributed by atoms with Gasteiger partial charge in [-0.25, -0.2) is 0 Å². The summed E-state index contributed by atoms with van der Waals surface area (Å²) in [5, 5.41) is 3.21. The lowest BCUT2D eigenvalue weighted by molar-refractivity contribution is 0.102. The highest BCUT2D eigenvalue weighted by molar-refractivity contribution is 9.10. The number of anilines is 1. The largest absolute Gasteiger partial charge is 0.321 e. The zero-order valence-corrected chi connectivity index (χ0v) is 13.0. The maximum atomic E-state index is 12.1. The van der Waals surface area contributed by atoms with Gasteiger partial charge < -0.3 is 9.88 Å². The monoisotopic (exact) mass is 354 g/mol. The van der Waals surface area contributed by atoms with Crippen LogP contribution in [0.15, 0.2) is 45.8 Å². The molecule has 104 valence electrons. The van der Waals surface area contributed by atoms with Crippen molar-refractivity contribution in [1.82, 2.24) is 4.57 Å². The number of amides is 1. The number of aryl methyl sites for hydroxylation is 1. The first kappa shape index (κ1) is 14.8. The zero-order chi connectivity index (χ0) is 14.7. The van der Waals surface area contributed by atoms with Crippen molar-refractivity contribution in [1.29, 1.82) is 0 Å². The van der Waals surface area contributed by atoms with Gasteiger partial charge in [-0.2, -0.15) is 0 Å². The summed E-state index contributed by atoms with van der Waals surface area (Å²) in [7, 11) is 0. The van der Waals surface area contributed by atoms with Gasteiger partial charge in [0.05, 0.1) is 5.69 Å². The van der Waals surface area contributed by atoms with E-state index in [1.807, 2.05) is 6.92 Å². The third kappa shape index (κ3) is 3.49. The number of nitrogens with zero attached hydrogens (tertiary/aromatic N) is 1. The molecule has 0 saturated heterocycles. The summed E-state index contributed by atoms with van der Waals surface area (Å²) >= 11 is 9.20. The van der Waals surface area contributed by atoms with E-state index in [-0.39, 0.29) is 11.5 Å². The smallest absolute Gasteiger partial charge is 0.255 e. The van der Waals surface area contributed by atoms with Crippen LogP contribution in [0.4, 0.5) is 5.69 Å². The normalized spacial score (nSPS) is 10.3. The summed E-state index contributed by atoms with van der Waals surface area (Å²) in [6.45, 7) is 2.41. The second-order valence-electron chi connectivity index (χ2n) is 4.15. The summed E-state index contributed by atoms with van der Waals surface area (Å²) in [6, 6.07) is 7.96. The van der Waals surface area contributed by atoms with Crippen molar-refractivity contribution in [2.24, 2.45) is 0 Å². The van der Waals surface area contributed by atoms with E-state index in [0.717, 1.165) is 4.47 Å². The number of hydrogen-bond donors (Lipinski definition) is 1. The van der Waals surface area contributed by atoms with Gasteiger partial charge in [0.2, 0.25) is 0 Å². The molecule has 2 aromatic rings. The van der Waals surface area contributed by atoms with E-state index in [1.165, 1.54) is 10.6 Å². The molecule has 0 fully saturated rings. The zero-order valence-electron chi connectivity index (χ0n) is 10.7. The van der Waals surface area contributed by atoms with E-state index in [2.05, 4.69) is 21.2 Å². The van der Waals surface area contributed by atoms with Gasteiger partial charge in [-0.15, -0.1) is 0 Å². The van der Waals surface area contributed by atoms with Crippen molar-refractivity contribution < 1.29 is 4.79 Å². The molecule has 0 atom stereocenters. The van der Waals surface area contributed by atoms with E-state index < -0.39 is 0 Å². The number of nitrogens with one attached hydrogen (secondary N) is 1. The highest BCUT2D eigenvalue weighted by atomic mass is 79.9. The predicted molar refractivity (Wildman–Crippen MR) is 83.5 cm³/mol. The summed E-state index contributed by atoms with van der Waals surface area (Å²) in [5.41, 5.74) is 0.905. The number of pyridine rings is 1. The van der Waals surface area contributed by atoms with Crippen molar-refractivity contribution in [2.75, 3.05) is 5.32 Å². The summed E-state index contributed by atoms with van der Waals surface area (Å²) in [4.78, 5) is 23.6. The Morgan fingerprint density at radius 3 is 2.75 bits per heavy atom. The van der Waals surface area contributed by atoms with Crippen LogP contribution in [0.2, 0.25) is 5.02 Å². The molecule has 1 amide bonds. The fraction of sp³-hybridized carbons (Fsp3) is 0.143. The van der Waals surface area contributed by atoms with E-state index in [1.54, 1.807) is 30.5 Å². The van der Waals surface area contributed by atoms with E-state index in [4.69, 9.17) is 11.6 Å². The second kappa shape index (κ2) is 6.24. The molecule has 1 heterocycles. The summed E-state index contributed by atoms with van der Waals surface area (Å²) < 4.78 is 2.25. The lowest BCUT2D eigenvalue weighted by atomic mass is 10.2. The highest BCUT2D eigenvalue weighted by Gasteiger charge is 2.08. The molecule has 0 aliphatic heterocycles. The third-order valence-corrected chi connectivity index (χ3v) is 3.38. The maximum absolute atomic E-state index is 12.1. The minimum absolute atomic E-state index is 0.101. The molecule has 6 heteroatoms. The second-order valence-corrected chi connectivity index (χ2v) is 5.51. The molecule has 0 aliphatic rings. The Bertz CT molecular complexity index is 692. The Morgan fingerprint density at radius 2 is 2.10 bits per heavy atom. The van der Waals surface area contributed by atoms with Crippen molar-refractivity contribution >= 4 is 39.1 Å². The number of rotatable bonds is 3. The average molecular weight is 356 g/mol. The van der Waals surface area contributed by atoms with Crippen LogP contribution in [0, 0.1) is 0 Å². The molecule has 0 radical (unpaired) electrons. The lowest BCUT2D eigenvalue weighted by Crippen LogP contribution is -2.19. The molecule has 0 spiro atoms. The minimum Gasteiger partial charge on any atom is -0.321 e. The van der Waals surface area contributed by atoms with Crippen molar-refractivity contribution in [3.63, 3.8) is 0 Å². The average Bonchev–Trinajstić information content (AvgIpc) is 2.39. The molecule has 0 bridgehead atoms. The van der Waals surface area contributed by atoms with E-state index in [0.29, 0.717) is 22.8 Å². The highest BCUT2D eigenvalue weighted by Crippen LogP contribution is 2.20. The van der Waals surface area contributed by atoms with Gasteiger partial charge in [0, 0.05) is 33.9 Å². The van der Waals surface area contributed by atoms with Crippen LogP contribution in [0.1, 0.15) is 17.3 Å². The molecule has 2 rings (SSSR count). The van der Waals surface area contributed by atoms with Gasteiger partial charge in [0.25, 0.3) is 11.5 Å². The van der Waals surface area contributed by atoms with Gasteiger partial charge in [0.15, 0.2) is 0 Å². The van der Waals surface area contributed by atoms with Crippen molar-refractivity contribution in [3.05, 3.63) is 61.9 Å². The Balaban J connectivity index is 2.25. The van der Waals surface area contributed by atoms with Crippen LogP contribution in [0.3, 0.4) is 0 Å². The van der Waals surface area contributed by atoms with E-state index >= 15 is 0 Å². The number of carbonyl (C=O) groups is 1. The molecule has 0 aliphatic carbocycles. The number of halogens is 2. The summed E-state index contributed by atoms with van der Waals surface area (Å²) in [6.07, 6.45) is 1.61. The number of benzene rings is 1. The molecule has 20 heavy (non-hydrogen) atoms. The quantitative estimate of drug-likeness (QED) is 0.915. The lowest BCUT2D eigenvalue weighted by Gasteiger charge is -2.08. The first-order valence-electron chi connectivity index (χ1n) is 5.97. The Labute approximate surface area is 129 Å². The minimum atomic E-state index is -0.283. The van der Waals surface area contributed by atoms with Crippen LogP contribution in [-0.2, 0) is 6.54 Å². The molecular weight excluding hydrogens is 344 g/mol. The predicted octanol–water partition coefficient (Wildman–Crippen LogP) is 3.54. The fourth-order valence-electron chi connectivity index (χ4n) is 1.74. The van der Waals surface area contributed by atoms with Gasteiger partial charge in [-0.05, 0) is 31.2 Å². The Kier molecular flexibility index (Phi) is 4.62. The number of carbonyl (C=O) groups excluding carboxylic acids is 1. The first-order chi connectivity index (χ1) is 9.49. The van der Waals surface area contributed by atoms with Crippen LogP contribution < -0.4 is 10.9 Å². The van der Waals surface area contributed by atoms with Crippen molar-refractivity contribution in [2.45, 2.75) is 13.5 Å². The molecule has 1 aromatic heterocycles. The fourth-order valence-corrected chi connectivity index (χ4v) is 2.60. The van der Waals surface area contributed by atoms with Gasteiger partial charge in [-0.1, -0.05) is 27.5 Å². The van der Waals surface area contributed by atoms with Gasteiger partial charge in [-0.3, -0.25) is 9.59 Å². The number of hydrogen-bond acceptors (Lipinski definition) is 2. The summed E-state index contributed by atoms with van der Waals surface area (Å²) in [5.74, 6) is -0.283. The maximum Gasteiger partial charge on any atom is 0.255 e. The molecular formula is C14H12BrClN2O2. The molecule has 0 unspecified atom stereocenters. The van der Waals surface area contributed by atoms with Crippen LogP contribution >= 0.6 is 27.5 Å².